The second kappa shape index (κ2) is 7.05. The average molecular weight is 336 g/mol. The molecule has 3 heterocycles. The lowest BCUT2D eigenvalue weighted by atomic mass is 9.78. The van der Waals surface area contributed by atoms with Gasteiger partial charge in [0.05, 0.1) is 12.0 Å². The third-order valence-electron chi connectivity index (χ3n) is 4.87. The normalized spacial score (nSPS) is 24.7. The number of hydrogen-bond acceptors (Lipinski definition) is 6. The Morgan fingerprint density at radius 3 is 3.04 bits per heavy atom. The summed E-state index contributed by atoms with van der Waals surface area (Å²) in [7, 11) is 1.68. The summed E-state index contributed by atoms with van der Waals surface area (Å²) in [6, 6.07) is 1.94. The van der Waals surface area contributed by atoms with E-state index in [-0.39, 0.29) is 5.41 Å². The maximum atomic E-state index is 13.0. The van der Waals surface area contributed by atoms with Gasteiger partial charge < -0.3 is 14.5 Å². The highest BCUT2D eigenvalue weighted by Crippen LogP contribution is 2.41. The van der Waals surface area contributed by atoms with Crippen molar-refractivity contribution in [2.75, 3.05) is 51.1 Å². The van der Waals surface area contributed by atoms with Gasteiger partial charge in [0, 0.05) is 39.5 Å². The molecule has 0 bridgehead atoms. The Labute approximate surface area is 141 Å². The molecular formula is C16H24N4O2S. The predicted molar refractivity (Wildman–Crippen MR) is 90.8 cm³/mol. The Kier molecular flexibility index (Phi) is 5.06. The molecule has 126 valence electrons. The summed E-state index contributed by atoms with van der Waals surface area (Å²) in [6.45, 7) is 3.80. The van der Waals surface area contributed by atoms with Crippen molar-refractivity contribution >= 4 is 23.5 Å². The molecule has 0 saturated carbocycles. The van der Waals surface area contributed by atoms with Gasteiger partial charge >= 0.3 is 0 Å². The third kappa shape index (κ3) is 3.30. The van der Waals surface area contributed by atoms with Crippen molar-refractivity contribution in [1.82, 2.24) is 14.9 Å². The van der Waals surface area contributed by atoms with Crippen LogP contribution in [0.15, 0.2) is 17.4 Å². The first-order valence-electron chi connectivity index (χ1n) is 8.09. The van der Waals surface area contributed by atoms with Crippen molar-refractivity contribution in [1.29, 1.82) is 0 Å². The summed E-state index contributed by atoms with van der Waals surface area (Å²) >= 11 is 1.54. The fourth-order valence-electron chi connectivity index (χ4n) is 3.62. The number of piperidine rings is 1. The van der Waals surface area contributed by atoms with Crippen LogP contribution in [0.1, 0.15) is 19.3 Å². The van der Waals surface area contributed by atoms with Gasteiger partial charge in [-0.3, -0.25) is 4.79 Å². The van der Waals surface area contributed by atoms with Crippen LogP contribution in [-0.2, 0) is 9.53 Å². The monoisotopic (exact) mass is 336 g/mol. The van der Waals surface area contributed by atoms with E-state index < -0.39 is 0 Å². The first-order chi connectivity index (χ1) is 11.2. The number of likely N-dealkylation sites (tertiary alicyclic amines) is 1. The molecule has 23 heavy (non-hydrogen) atoms. The van der Waals surface area contributed by atoms with E-state index in [9.17, 15) is 4.79 Å². The highest BCUT2D eigenvalue weighted by atomic mass is 32.2. The van der Waals surface area contributed by atoms with Crippen molar-refractivity contribution in [2.24, 2.45) is 5.41 Å². The summed E-state index contributed by atoms with van der Waals surface area (Å²) in [5.74, 6) is 1.23. The van der Waals surface area contributed by atoms with Gasteiger partial charge in [0.1, 0.15) is 5.82 Å². The molecule has 0 N–H and O–H groups in total. The topological polar surface area (TPSA) is 58.6 Å². The van der Waals surface area contributed by atoms with Crippen LogP contribution in [0.25, 0.3) is 0 Å². The Balaban J connectivity index is 1.73. The number of anilines is 1. The Morgan fingerprint density at radius 2 is 2.26 bits per heavy atom. The molecule has 1 amide bonds. The number of aromatic nitrogens is 2. The number of rotatable bonds is 5. The maximum Gasteiger partial charge on any atom is 0.230 e. The molecule has 3 rings (SSSR count). The molecule has 2 fully saturated rings. The van der Waals surface area contributed by atoms with Crippen LogP contribution in [0.3, 0.4) is 0 Å². The van der Waals surface area contributed by atoms with E-state index in [2.05, 4.69) is 14.9 Å². The van der Waals surface area contributed by atoms with Gasteiger partial charge in [-0.1, -0.05) is 11.8 Å². The Morgan fingerprint density at radius 1 is 1.39 bits per heavy atom. The minimum absolute atomic E-state index is 0.240. The molecule has 1 atom stereocenters. The third-order valence-corrected chi connectivity index (χ3v) is 5.43. The van der Waals surface area contributed by atoms with E-state index >= 15 is 0 Å². The highest BCUT2D eigenvalue weighted by molar-refractivity contribution is 7.98. The van der Waals surface area contributed by atoms with Crippen molar-refractivity contribution in [3.8, 4) is 0 Å². The number of hydrogen-bond donors (Lipinski definition) is 0. The SMILES string of the molecule is COCCN1CCC[C@@]2(CCN(c3ccnc(SC)n3)C2)C1=O. The molecule has 0 unspecified atom stereocenters. The molecular weight excluding hydrogens is 312 g/mol. The zero-order valence-electron chi connectivity index (χ0n) is 13.8. The minimum Gasteiger partial charge on any atom is -0.383 e. The van der Waals surface area contributed by atoms with Crippen LogP contribution in [0.5, 0.6) is 0 Å². The molecule has 0 radical (unpaired) electrons. The summed E-state index contributed by atoms with van der Waals surface area (Å²) < 4.78 is 5.14. The summed E-state index contributed by atoms with van der Waals surface area (Å²) in [5, 5.41) is 0.778. The number of carbonyl (C=O) groups excluding carboxylic acids is 1. The molecule has 2 saturated heterocycles. The lowest BCUT2D eigenvalue weighted by Gasteiger charge is -2.39. The van der Waals surface area contributed by atoms with Gasteiger partial charge in [-0.05, 0) is 31.6 Å². The number of ether oxygens (including phenoxy) is 1. The fourth-order valence-corrected chi connectivity index (χ4v) is 3.97. The predicted octanol–water partition coefficient (Wildman–Crippen LogP) is 1.66. The molecule has 2 aliphatic rings. The standard InChI is InChI=1S/C16H24N4O2S/c1-22-11-10-19-8-3-5-16(14(19)21)6-9-20(12-16)13-4-7-17-15(18-13)23-2/h4,7H,3,5-6,8-12H2,1-2H3/t16-/m0/s1. The minimum atomic E-state index is -0.240. The zero-order chi connectivity index (χ0) is 16.3. The van der Waals surface area contributed by atoms with Crippen molar-refractivity contribution in [3.05, 3.63) is 12.3 Å². The number of amides is 1. The zero-order valence-corrected chi connectivity index (χ0v) is 14.6. The molecule has 1 spiro atoms. The van der Waals surface area contributed by atoms with Crippen LogP contribution < -0.4 is 4.90 Å². The van der Waals surface area contributed by atoms with Gasteiger partial charge in [0.15, 0.2) is 5.16 Å². The number of nitrogens with zero attached hydrogens (tertiary/aromatic N) is 4. The van der Waals surface area contributed by atoms with E-state index in [0.29, 0.717) is 19.1 Å². The lowest BCUT2D eigenvalue weighted by Crippen LogP contribution is -2.51. The number of methoxy groups -OCH3 is 1. The van der Waals surface area contributed by atoms with Crippen LogP contribution in [0.2, 0.25) is 0 Å². The maximum absolute atomic E-state index is 13.0. The molecule has 0 aromatic carbocycles. The van der Waals surface area contributed by atoms with Gasteiger partial charge in [0.2, 0.25) is 5.91 Å². The van der Waals surface area contributed by atoms with E-state index in [1.165, 1.54) is 0 Å². The molecule has 1 aromatic heterocycles. The fraction of sp³-hybridized carbons (Fsp3) is 0.688. The van der Waals surface area contributed by atoms with Crippen LogP contribution in [-0.4, -0.2) is 66.9 Å². The molecule has 7 heteroatoms. The summed E-state index contributed by atoms with van der Waals surface area (Å²) in [6.07, 6.45) is 6.74. The second-order valence-corrected chi connectivity index (χ2v) is 7.02. The highest BCUT2D eigenvalue weighted by Gasteiger charge is 2.48. The molecule has 1 aromatic rings. The number of thioether (sulfide) groups is 1. The quantitative estimate of drug-likeness (QED) is 0.602. The van der Waals surface area contributed by atoms with Crippen molar-refractivity contribution in [2.45, 2.75) is 24.4 Å². The van der Waals surface area contributed by atoms with E-state index in [1.54, 1.807) is 25.1 Å². The van der Waals surface area contributed by atoms with E-state index in [4.69, 9.17) is 4.74 Å². The second-order valence-electron chi connectivity index (χ2n) is 6.24. The van der Waals surface area contributed by atoms with Gasteiger partial charge in [-0.25, -0.2) is 9.97 Å². The van der Waals surface area contributed by atoms with Crippen molar-refractivity contribution in [3.63, 3.8) is 0 Å². The summed E-state index contributed by atoms with van der Waals surface area (Å²) in [5.41, 5.74) is -0.240. The molecule has 2 aliphatic heterocycles. The van der Waals surface area contributed by atoms with Crippen LogP contribution in [0.4, 0.5) is 5.82 Å². The number of carbonyl (C=O) groups is 1. The van der Waals surface area contributed by atoms with Gasteiger partial charge in [-0.2, -0.15) is 0 Å². The first-order valence-corrected chi connectivity index (χ1v) is 9.31. The smallest absolute Gasteiger partial charge is 0.230 e. The molecule has 0 aliphatic carbocycles. The lowest BCUT2D eigenvalue weighted by molar-refractivity contribution is -0.145. The Hall–Kier alpha value is -1.34. The van der Waals surface area contributed by atoms with E-state index in [0.717, 1.165) is 49.9 Å². The van der Waals surface area contributed by atoms with Gasteiger partial charge in [0.25, 0.3) is 0 Å². The van der Waals surface area contributed by atoms with Gasteiger partial charge in [-0.15, -0.1) is 0 Å². The Bertz CT molecular complexity index is 571. The first kappa shape index (κ1) is 16.5. The van der Waals surface area contributed by atoms with Crippen LogP contribution >= 0.6 is 11.8 Å². The van der Waals surface area contributed by atoms with Crippen molar-refractivity contribution < 1.29 is 9.53 Å². The summed E-state index contributed by atoms with van der Waals surface area (Å²) in [4.78, 5) is 26.0. The largest absolute Gasteiger partial charge is 0.383 e. The van der Waals surface area contributed by atoms with Crippen LogP contribution in [0, 0.1) is 5.41 Å². The average Bonchev–Trinajstić information content (AvgIpc) is 3.02. The molecule has 6 nitrogen and oxygen atoms in total. The van der Waals surface area contributed by atoms with E-state index in [1.807, 2.05) is 17.2 Å².